The van der Waals surface area contributed by atoms with E-state index in [1.807, 2.05) is 13.1 Å². The molecule has 3 aromatic heterocycles. The van der Waals surface area contributed by atoms with Crippen LogP contribution in [0.3, 0.4) is 0 Å². The average molecular weight is 330 g/mol. The topological polar surface area (TPSA) is 107 Å². The molecule has 3 aromatic rings. The van der Waals surface area contributed by atoms with Gasteiger partial charge in [0.05, 0.1) is 12.8 Å². The molecular formula is C15H18N6O3. The molecule has 1 atom stereocenters. The lowest BCUT2D eigenvalue weighted by molar-refractivity contribution is 0.0934. The summed E-state index contributed by atoms with van der Waals surface area (Å²) in [5.74, 6) is 0.585. The van der Waals surface area contributed by atoms with Gasteiger partial charge in [0.15, 0.2) is 11.5 Å². The van der Waals surface area contributed by atoms with Gasteiger partial charge in [0.2, 0.25) is 5.89 Å². The average Bonchev–Trinajstić information content (AvgIpc) is 3.19. The van der Waals surface area contributed by atoms with E-state index >= 15 is 0 Å². The van der Waals surface area contributed by atoms with Crippen LogP contribution in [0, 0.1) is 6.92 Å². The number of carbonyl (C=O) groups excluding carboxylic acids is 1. The van der Waals surface area contributed by atoms with Crippen molar-refractivity contribution in [3.63, 3.8) is 0 Å². The summed E-state index contributed by atoms with van der Waals surface area (Å²) in [4.78, 5) is 21.0. The number of fused-ring (bicyclic) bond motifs is 1. The van der Waals surface area contributed by atoms with Crippen LogP contribution < -0.4 is 5.32 Å². The van der Waals surface area contributed by atoms with Crippen LogP contribution in [0.2, 0.25) is 0 Å². The molecule has 9 nitrogen and oxygen atoms in total. The van der Waals surface area contributed by atoms with Gasteiger partial charge in [0.25, 0.3) is 5.91 Å². The molecule has 0 bridgehead atoms. The van der Waals surface area contributed by atoms with Crippen LogP contribution in [-0.4, -0.2) is 44.4 Å². The zero-order valence-electron chi connectivity index (χ0n) is 13.7. The maximum atomic E-state index is 12.5. The van der Waals surface area contributed by atoms with Gasteiger partial charge in [0.1, 0.15) is 11.6 Å². The quantitative estimate of drug-likeness (QED) is 0.721. The Morgan fingerprint density at radius 1 is 1.46 bits per heavy atom. The summed E-state index contributed by atoms with van der Waals surface area (Å²) in [6.45, 7) is 4.19. The molecule has 1 amide bonds. The number of methoxy groups -OCH3 is 1. The minimum atomic E-state index is -0.429. The van der Waals surface area contributed by atoms with Crippen LogP contribution in [0.4, 0.5) is 0 Å². The first-order valence-electron chi connectivity index (χ1n) is 7.50. The Labute approximate surface area is 138 Å². The van der Waals surface area contributed by atoms with Crippen molar-refractivity contribution in [1.29, 1.82) is 0 Å². The normalized spacial score (nSPS) is 12.5. The van der Waals surface area contributed by atoms with Crippen molar-refractivity contribution >= 4 is 11.6 Å². The third-order valence-corrected chi connectivity index (χ3v) is 3.46. The summed E-state index contributed by atoms with van der Waals surface area (Å²) in [5, 5.41) is 10.8. The highest BCUT2D eigenvalue weighted by Crippen LogP contribution is 2.13. The number of nitrogens with one attached hydrogen (secondary N) is 1. The van der Waals surface area contributed by atoms with Crippen LogP contribution >= 0.6 is 0 Å². The Morgan fingerprint density at radius 3 is 3.08 bits per heavy atom. The molecule has 0 aliphatic heterocycles. The first kappa shape index (κ1) is 16.1. The van der Waals surface area contributed by atoms with E-state index in [2.05, 4.69) is 25.5 Å². The Bertz CT molecular complexity index is 856. The lowest BCUT2D eigenvalue weighted by Crippen LogP contribution is -2.27. The van der Waals surface area contributed by atoms with Gasteiger partial charge in [-0.2, -0.15) is 10.1 Å². The molecule has 3 rings (SSSR count). The first-order chi connectivity index (χ1) is 11.6. The SMILES string of the molecule is COCCc1noc(C(C)NC(=O)c2cnn3cc(C)cnc23)n1. The maximum Gasteiger partial charge on any atom is 0.257 e. The summed E-state index contributed by atoms with van der Waals surface area (Å²) in [7, 11) is 1.61. The molecule has 126 valence electrons. The number of ether oxygens (including phenoxy) is 1. The van der Waals surface area contributed by atoms with Crippen molar-refractivity contribution in [2.24, 2.45) is 0 Å². The van der Waals surface area contributed by atoms with E-state index in [-0.39, 0.29) is 5.91 Å². The highest BCUT2D eigenvalue weighted by molar-refractivity contribution is 5.99. The van der Waals surface area contributed by atoms with Crippen LogP contribution in [-0.2, 0) is 11.2 Å². The largest absolute Gasteiger partial charge is 0.384 e. The van der Waals surface area contributed by atoms with E-state index in [0.717, 1.165) is 5.56 Å². The van der Waals surface area contributed by atoms with E-state index in [1.54, 1.807) is 24.7 Å². The van der Waals surface area contributed by atoms with Gasteiger partial charge in [0, 0.05) is 25.9 Å². The van der Waals surface area contributed by atoms with Crippen molar-refractivity contribution in [1.82, 2.24) is 30.1 Å². The minimum absolute atomic E-state index is 0.300. The molecule has 0 aromatic carbocycles. The van der Waals surface area contributed by atoms with E-state index in [9.17, 15) is 4.79 Å². The van der Waals surface area contributed by atoms with Crippen molar-refractivity contribution in [3.05, 3.63) is 41.4 Å². The minimum Gasteiger partial charge on any atom is -0.384 e. The predicted octanol–water partition coefficient (Wildman–Crippen LogP) is 1.10. The number of aromatic nitrogens is 5. The number of aryl methyl sites for hydroxylation is 1. The highest BCUT2D eigenvalue weighted by atomic mass is 16.5. The van der Waals surface area contributed by atoms with Crippen molar-refractivity contribution < 1.29 is 14.1 Å². The molecule has 3 heterocycles. The smallest absolute Gasteiger partial charge is 0.257 e. The van der Waals surface area contributed by atoms with E-state index in [1.165, 1.54) is 6.20 Å². The monoisotopic (exact) mass is 330 g/mol. The van der Waals surface area contributed by atoms with Gasteiger partial charge in [-0.1, -0.05) is 5.16 Å². The molecule has 0 fully saturated rings. The molecule has 0 saturated heterocycles. The number of nitrogens with zero attached hydrogens (tertiary/aromatic N) is 5. The van der Waals surface area contributed by atoms with Crippen LogP contribution in [0.25, 0.3) is 5.65 Å². The molecular weight excluding hydrogens is 312 g/mol. The summed E-state index contributed by atoms with van der Waals surface area (Å²) >= 11 is 0. The number of hydrogen-bond donors (Lipinski definition) is 1. The molecule has 0 aliphatic rings. The fourth-order valence-electron chi connectivity index (χ4n) is 2.20. The summed E-state index contributed by atoms with van der Waals surface area (Å²) in [6, 6.07) is -0.429. The van der Waals surface area contributed by atoms with E-state index in [4.69, 9.17) is 9.26 Å². The van der Waals surface area contributed by atoms with E-state index in [0.29, 0.717) is 36.0 Å². The second-order valence-electron chi connectivity index (χ2n) is 5.44. The number of rotatable bonds is 6. The Morgan fingerprint density at radius 2 is 2.29 bits per heavy atom. The molecule has 1 N–H and O–H groups in total. The zero-order valence-corrected chi connectivity index (χ0v) is 13.7. The molecule has 0 aliphatic carbocycles. The highest BCUT2D eigenvalue weighted by Gasteiger charge is 2.20. The van der Waals surface area contributed by atoms with Crippen molar-refractivity contribution in [3.8, 4) is 0 Å². The fraction of sp³-hybridized carbons (Fsp3) is 0.400. The van der Waals surface area contributed by atoms with Gasteiger partial charge in [-0.05, 0) is 19.4 Å². The van der Waals surface area contributed by atoms with Crippen LogP contribution in [0.1, 0.15) is 40.6 Å². The third kappa shape index (κ3) is 3.25. The number of amides is 1. The zero-order chi connectivity index (χ0) is 17.1. The van der Waals surface area contributed by atoms with Gasteiger partial charge >= 0.3 is 0 Å². The first-order valence-corrected chi connectivity index (χ1v) is 7.50. The van der Waals surface area contributed by atoms with Gasteiger partial charge in [-0.15, -0.1) is 0 Å². The van der Waals surface area contributed by atoms with Crippen LogP contribution in [0.5, 0.6) is 0 Å². The standard InChI is InChI=1S/C15H18N6O3/c1-9-6-16-13-11(7-17-21(13)8-9)14(22)18-10(2)15-19-12(20-24-15)4-5-23-3/h6-8,10H,4-5H2,1-3H3,(H,18,22). The third-order valence-electron chi connectivity index (χ3n) is 3.46. The molecule has 1 unspecified atom stereocenters. The second kappa shape index (κ2) is 6.75. The van der Waals surface area contributed by atoms with E-state index < -0.39 is 6.04 Å². The number of hydrogen-bond acceptors (Lipinski definition) is 7. The summed E-state index contributed by atoms with van der Waals surface area (Å²) < 4.78 is 11.7. The summed E-state index contributed by atoms with van der Waals surface area (Å²) in [6.07, 6.45) is 5.54. The molecule has 0 radical (unpaired) electrons. The Hall–Kier alpha value is -2.81. The molecule has 24 heavy (non-hydrogen) atoms. The van der Waals surface area contributed by atoms with Gasteiger partial charge < -0.3 is 14.6 Å². The predicted molar refractivity (Wildman–Crippen MR) is 83.5 cm³/mol. The van der Waals surface area contributed by atoms with Gasteiger partial charge in [-0.3, -0.25) is 4.79 Å². The fourth-order valence-corrected chi connectivity index (χ4v) is 2.20. The summed E-state index contributed by atoms with van der Waals surface area (Å²) in [5.41, 5.74) is 1.85. The maximum absolute atomic E-state index is 12.5. The number of carbonyl (C=O) groups is 1. The van der Waals surface area contributed by atoms with Crippen molar-refractivity contribution in [2.45, 2.75) is 26.3 Å². The molecule has 0 spiro atoms. The van der Waals surface area contributed by atoms with Crippen LogP contribution in [0.15, 0.2) is 23.1 Å². The van der Waals surface area contributed by atoms with Gasteiger partial charge in [-0.25, -0.2) is 9.50 Å². The lowest BCUT2D eigenvalue weighted by atomic mass is 10.2. The lowest BCUT2D eigenvalue weighted by Gasteiger charge is -2.08. The second-order valence-corrected chi connectivity index (χ2v) is 5.44. The van der Waals surface area contributed by atoms with Crippen molar-refractivity contribution in [2.75, 3.05) is 13.7 Å². The Balaban J connectivity index is 1.72. The molecule has 9 heteroatoms. The molecule has 0 saturated carbocycles. The Kier molecular flexibility index (Phi) is 4.52.